The molecule has 10 nitrogen and oxygen atoms in total. The van der Waals surface area contributed by atoms with Crippen LogP contribution in [-0.2, 0) is 6.18 Å². The lowest BCUT2D eigenvalue weighted by molar-refractivity contribution is -0.139. The third-order valence-corrected chi connectivity index (χ3v) is 9.51. The van der Waals surface area contributed by atoms with E-state index in [1.54, 1.807) is 0 Å². The molecule has 3 atom stereocenters. The van der Waals surface area contributed by atoms with Gasteiger partial charge in [0.25, 0.3) is 0 Å². The van der Waals surface area contributed by atoms with Crippen LogP contribution in [0.2, 0.25) is 0 Å². The summed E-state index contributed by atoms with van der Waals surface area (Å²) in [4.78, 5) is 17.0. The van der Waals surface area contributed by atoms with Crippen LogP contribution >= 0.6 is 0 Å². The Balaban J connectivity index is 1.57. The van der Waals surface area contributed by atoms with Crippen LogP contribution in [0.15, 0.2) is 18.0 Å². The summed E-state index contributed by atoms with van der Waals surface area (Å²) in [6.07, 6.45) is -2.53. The molecule has 48 heavy (non-hydrogen) atoms. The van der Waals surface area contributed by atoms with Crippen molar-refractivity contribution in [3.8, 4) is 29.2 Å². The van der Waals surface area contributed by atoms with Crippen molar-refractivity contribution in [3.05, 3.63) is 40.7 Å². The largest absolute Gasteiger partial charge is 0.480 e. The molecule has 0 saturated carbocycles. The smallest absolute Gasteiger partial charge is 0.419 e. The van der Waals surface area contributed by atoms with Gasteiger partial charge in [-0.15, -0.1) is 0 Å². The molecule has 1 aromatic carbocycles. The maximum atomic E-state index is 16.8. The number of alkyl halides is 3. The molecule has 3 fully saturated rings. The Morgan fingerprint density at radius 2 is 1.90 bits per heavy atom. The van der Waals surface area contributed by atoms with E-state index in [4.69, 9.17) is 15.2 Å². The molecule has 0 unspecified atom stereocenters. The molecule has 3 saturated heterocycles. The molecule has 3 N–H and O–H groups in total. The molecule has 3 aliphatic rings. The lowest BCUT2D eigenvalue weighted by Crippen LogP contribution is -2.51. The zero-order valence-corrected chi connectivity index (χ0v) is 26.5. The van der Waals surface area contributed by atoms with Crippen molar-refractivity contribution in [2.45, 2.75) is 51.4 Å². The number of methoxy groups -OCH3 is 1. The van der Waals surface area contributed by atoms with E-state index >= 15 is 4.39 Å². The normalized spacial score (nSPS) is 23.9. The first-order chi connectivity index (χ1) is 22.8. The molecule has 3 aliphatic heterocycles. The van der Waals surface area contributed by atoms with Crippen molar-refractivity contribution in [2.24, 2.45) is 5.41 Å². The van der Waals surface area contributed by atoms with Gasteiger partial charge in [-0.1, -0.05) is 13.8 Å². The summed E-state index contributed by atoms with van der Waals surface area (Å²) in [7, 11) is 1.18. The number of piperidine rings is 1. The number of likely N-dealkylation sites (tertiary alicyclic amines) is 1. The van der Waals surface area contributed by atoms with Crippen LogP contribution in [0.3, 0.4) is 0 Å². The van der Waals surface area contributed by atoms with Gasteiger partial charge < -0.3 is 30.3 Å². The first-order valence-corrected chi connectivity index (χ1v) is 15.5. The molecule has 0 radical (unpaired) electrons. The molecule has 0 aliphatic carbocycles. The van der Waals surface area contributed by atoms with Gasteiger partial charge in [-0.2, -0.15) is 28.4 Å². The van der Waals surface area contributed by atoms with Gasteiger partial charge >= 0.3 is 12.2 Å². The summed E-state index contributed by atoms with van der Waals surface area (Å²) >= 11 is 0. The topological polar surface area (TPSA) is 125 Å². The van der Waals surface area contributed by atoms with Gasteiger partial charge in [0, 0.05) is 49.2 Å². The van der Waals surface area contributed by atoms with Crippen LogP contribution in [0.5, 0.6) is 11.9 Å². The minimum atomic E-state index is -5.36. The number of fused-ring (bicyclic) bond motifs is 3. The second kappa shape index (κ2) is 12.6. The SMILES string of the molecule is CCN1CC/C(=C\F)[C@](C)(COc2nc(N3C[C@H]4CC[C@@H](C3)N4)c3c(OC)nc(-c4c(C#N)c(N)cc(F)c4C(F)(F)F)c(F)c3n2)C1. The number of piperazine rings is 1. The highest BCUT2D eigenvalue weighted by molar-refractivity contribution is 5.97. The van der Waals surface area contributed by atoms with Gasteiger partial charge in [-0.25, -0.2) is 18.2 Å². The van der Waals surface area contributed by atoms with Crippen LogP contribution in [-0.4, -0.2) is 78.4 Å². The number of benzene rings is 1. The molecule has 2 bridgehead atoms. The Hall–Kier alpha value is -4.36. The summed E-state index contributed by atoms with van der Waals surface area (Å²) < 4.78 is 100. The molecule has 0 amide bonds. The first kappa shape index (κ1) is 33.5. The highest BCUT2D eigenvalue weighted by Gasteiger charge is 2.42. The number of pyridine rings is 1. The third kappa shape index (κ3) is 5.83. The maximum absolute atomic E-state index is 16.8. The van der Waals surface area contributed by atoms with Crippen LogP contribution in [0.25, 0.3) is 22.2 Å². The fourth-order valence-electron chi connectivity index (χ4n) is 7.06. The van der Waals surface area contributed by atoms with Crippen LogP contribution < -0.4 is 25.4 Å². The van der Waals surface area contributed by atoms with Gasteiger partial charge in [-0.3, -0.25) is 0 Å². The fraction of sp³-hybridized carbons (Fsp3) is 0.500. The highest BCUT2D eigenvalue weighted by Crippen LogP contribution is 2.46. The lowest BCUT2D eigenvalue weighted by atomic mass is 9.78. The van der Waals surface area contributed by atoms with Gasteiger partial charge in [0.15, 0.2) is 5.82 Å². The molecular formula is C32H34F6N8O2. The van der Waals surface area contributed by atoms with Crippen molar-refractivity contribution >= 4 is 22.4 Å². The number of nitrogens with two attached hydrogens (primary N) is 1. The predicted octanol–water partition coefficient (Wildman–Crippen LogP) is 5.36. The number of rotatable bonds is 7. The summed E-state index contributed by atoms with van der Waals surface area (Å²) in [5.74, 6) is -3.38. The zero-order valence-electron chi connectivity index (χ0n) is 26.5. The third-order valence-electron chi connectivity index (χ3n) is 9.51. The Morgan fingerprint density at radius 1 is 1.19 bits per heavy atom. The summed E-state index contributed by atoms with van der Waals surface area (Å²) in [5, 5.41) is 13.2. The second-order valence-electron chi connectivity index (χ2n) is 12.7. The Labute approximate surface area is 272 Å². The molecule has 3 aromatic rings. The molecule has 256 valence electrons. The van der Waals surface area contributed by atoms with Crippen LogP contribution in [0.1, 0.15) is 44.2 Å². The molecular weight excluding hydrogens is 642 g/mol. The average molecular weight is 677 g/mol. The van der Waals surface area contributed by atoms with E-state index in [0.717, 1.165) is 19.4 Å². The molecule has 2 aromatic heterocycles. The Kier molecular flexibility index (Phi) is 8.79. The molecule has 0 spiro atoms. The number of nitrogens with zero attached hydrogens (tertiary/aromatic N) is 6. The quantitative estimate of drug-likeness (QED) is 0.250. The van der Waals surface area contributed by atoms with Crippen molar-refractivity contribution in [1.29, 1.82) is 5.26 Å². The Bertz CT molecular complexity index is 1820. The van der Waals surface area contributed by atoms with E-state index in [1.807, 2.05) is 18.7 Å². The maximum Gasteiger partial charge on any atom is 0.419 e. The summed E-state index contributed by atoms with van der Waals surface area (Å²) in [6, 6.07) is 1.78. The summed E-state index contributed by atoms with van der Waals surface area (Å²) in [5.41, 5.74) is -0.631. The number of halogens is 6. The zero-order chi connectivity index (χ0) is 34.5. The van der Waals surface area contributed by atoms with E-state index in [0.29, 0.717) is 50.6 Å². The van der Waals surface area contributed by atoms with Gasteiger partial charge in [0.1, 0.15) is 46.5 Å². The fourth-order valence-corrected chi connectivity index (χ4v) is 7.06. The lowest BCUT2D eigenvalue weighted by Gasteiger charge is -2.41. The van der Waals surface area contributed by atoms with Gasteiger partial charge in [0.2, 0.25) is 5.88 Å². The predicted molar refractivity (Wildman–Crippen MR) is 165 cm³/mol. The van der Waals surface area contributed by atoms with E-state index in [9.17, 15) is 27.2 Å². The number of ether oxygens (including phenoxy) is 2. The number of anilines is 2. The van der Waals surface area contributed by atoms with E-state index in [-0.39, 0.29) is 41.8 Å². The Morgan fingerprint density at radius 3 is 2.50 bits per heavy atom. The standard InChI is InChI=1S/C32H34F6N8O2/c1-4-45-8-7-16(10-33)31(2,14-45)15-48-30-43-27-23(28(44-30)46-12-17-5-6-18(13-46)41-17)29(47-3)42-26(25(27)35)22-19(11-39)21(40)9-20(34)24(22)32(36,37)38/h9-10,17-18,41H,4-8,12-15,40H2,1-3H3/b16-10+/t17-,18+,31-/m0/s1. The molecule has 5 heterocycles. The summed E-state index contributed by atoms with van der Waals surface area (Å²) in [6.45, 7) is 6.51. The number of nitrogen functional groups attached to an aromatic ring is 1. The first-order valence-electron chi connectivity index (χ1n) is 15.5. The minimum Gasteiger partial charge on any atom is -0.480 e. The van der Waals surface area contributed by atoms with E-state index < -0.39 is 56.8 Å². The molecule has 16 heteroatoms. The van der Waals surface area contributed by atoms with Gasteiger partial charge in [-0.05, 0) is 37.4 Å². The van der Waals surface area contributed by atoms with Crippen molar-refractivity contribution in [3.63, 3.8) is 0 Å². The second-order valence-corrected chi connectivity index (χ2v) is 12.7. The number of nitrogens with one attached hydrogen (secondary N) is 1. The number of hydrogen-bond acceptors (Lipinski definition) is 10. The monoisotopic (exact) mass is 676 g/mol. The van der Waals surface area contributed by atoms with Crippen LogP contribution in [0.4, 0.5) is 37.8 Å². The van der Waals surface area contributed by atoms with Crippen LogP contribution in [0, 0.1) is 28.4 Å². The number of nitriles is 1. The number of aromatic nitrogens is 3. The minimum absolute atomic E-state index is 0.0470. The average Bonchev–Trinajstić information content (AvgIpc) is 3.39. The van der Waals surface area contributed by atoms with Gasteiger partial charge in [0.05, 0.1) is 24.7 Å². The molecule has 6 rings (SSSR count). The van der Waals surface area contributed by atoms with Crippen molar-refractivity contribution in [2.75, 3.05) is 57.1 Å². The number of hydrogen-bond donors (Lipinski definition) is 2. The van der Waals surface area contributed by atoms with Crippen molar-refractivity contribution < 1.29 is 35.8 Å². The highest BCUT2D eigenvalue weighted by atomic mass is 19.4. The van der Waals surface area contributed by atoms with Crippen molar-refractivity contribution in [1.82, 2.24) is 25.2 Å². The van der Waals surface area contributed by atoms with E-state index in [2.05, 4.69) is 25.2 Å². The van der Waals surface area contributed by atoms with E-state index in [1.165, 1.54) is 13.2 Å².